The summed E-state index contributed by atoms with van der Waals surface area (Å²) in [5.74, 6) is -0.345. The Morgan fingerprint density at radius 3 is 3.00 bits per heavy atom. The summed E-state index contributed by atoms with van der Waals surface area (Å²) in [7, 11) is 0. The van der Waals surface area contributed by atoms with Gasteiger partial charge in [0, 0.05) is 25.7 Å². The van der Waals surface area contributed by atoms with Gasteiger partial charge < -0.3 is 15.4 Å². The van der Waals surface area contributed by atoms with E-state index in [1.807, 2.05) is 0 Å². The molecule has 0 aliphatic carbocycles. The van der Waals surface area contributed by atoms with E-state index >= 15 is 0 Å². The number of hydrogen-bond donors (Lipinski definition) is 1. The van der Waals surface area contributed by atoms with Crippen LogP contribution in [0.2, 0.25) is 0 Å². The molecule has 7 nitrogen and oxygen atoms in total. The monoisotopic (exact) mass is 279 g/mol. The standard InChI is InChI=1S/C13H17N3O4/c1-9-2-3-12(16(18)19)11(6-9)13(17)15-4-5-20-10(7-14)8-15/h2-3,6,10H,4-5,7-8,14H2,1H3. The topological polar surface area (TPSA) is 98.7 Å². The van der Waals surface area contributed by atoms with Crippen LogP contribution in [0.4, 0.5) is 5.69 Å². The average Bonchev–Trinajstić information content (AvgIpc) is 2.46. The fourth-order valence-electron chi connectivity index (χ4n) is 2.20. The van der Waals surface area contributed by atoms with Gasteiger partial charge in [0.2, 0.25) is 0 Å². The van der Waals surface area contributed by atoms with Crippen molar-refractivity contribution in [3.63, 3.8) is 0 Å². The first-order valence-corrected chi connectivity index (χ1v) is 6.39. The van der Waals surface area contributed by atoms with Crippen LogP contribution in [0.1, 0.15) is 15.9 Å². The number of carbonyl (C=O) groups is 1. The van der Waals surface area contributed by atoms with Gasteiger partial charge in [-0.3, -0.25) is 14.9 Å². The van der Waals surface area contributed by atoms with E-state index in [1.54, 1.807) is 24.0 Å². The maximum absolute atomic E-state index is 12.5. The molecule has 108 valence electrons. The van der Waals surface area contributed by atoms with Gasteiger partial charge in [-0.2, -0.15) is 0 Å². The van der Waals surface area contributed by atoms with Crippen LogP contribution in [0.3, 0.4) is 0 Å². The zero-order valence-corrected chi connectivity index (χ0v) is 11.2. The zero-order valence-electron chi connectivity index (χ0n) is 11.2. The molecule has 1 fully saturated rings. The van der Waals surface area contributed by atoms with E-state index in [0.717, 1.165) is 5.56 Å². The quantitative estimate of drug-likeness (QED) is 0.648. The summed E-state index contributed by atoms with van der Waals surface area (Å²) < 4.78 is 5.39. The lowest BCUT2D eigenvalue weighted by Gasteiger charge is -2.32. The van der Waals surface area contributed by atoms with Crippen molar-refractivity contribution >= 4 is 11.6 Å². The Bertz CT molecular complexity index is 532. The third-order valence-corrected chi connectivity index (χ3v) is 3.27. The summed E-state index contributed by atoms with van der Waals surface area (Å²) in [6.07, 6.45) is -0.212. The number of benzene rings is 1. The van der Waals surface area contributed by atoms with Crippen molar-refractivity contribution in [1.29, 1.82) is 0 Å². The Labute approximate surface area is 116 Å². The number of morpholine rings is 1. The lowest BCUT2D eigenvalue weighted by atomic mass is 10.1. The number of nitrogens with zero attached hydrogens (tertiary/aromatic N) is 2. The predicted molar refractivity (Wildman–Crippen MR) is 72.5 cm³/mol. The normalized spacial score (nSPS) is 18.9. The lowest BCUT2D eigenvalue weighted by molar-refractivity contribution is -0.385. The average molecular weight is 279 g/mol. The third kappa shape index (κ3) is 2.94. The molecule has 1 heterocycles. The lowest BCUT2D eigenvalue weighted by Crippen LogP contribution is -2.48. The minimum atomic E-state index is -0.534. The number of nitro groups is 1. The van der Waals surface area contributed by atoms with Gasteiger partial charge in [-0.1, -0.05) is 6.07 Å². The van der Waals surface area contributed by atoms with Gasteiger partial charge in [0.1, 0.15) is 5.56 Å². The second kappa shape index (κ2) is 5.98. The number of nitro benzene ring substituents is 1. The van der Waals surface area contributed by atoms with E-state index < -0.39 is 4.92 Å². The van der Waals surface area contributed by atoms with E-state index in [1.165, 1.54) is 6.07 Å². The molecule has 0 saturated carbocycles. The third-order valence-electron chi connectivity index (χ3n) is 3.27. The molecule has 7 heteroatoms. The van der Waals surface area contributed by atoms with Crippen LogP contribution in [-0.4, -0.2) is 48.1 Å². The largest absolute Gasteiger partial charge is 0.373 e. The molecule has 20 heavy (non-hydrogen) atoms. The number of ether oxygens (including phenoxy) is 1. The molecule has 1 aliphatic rings. The molecule has 0 bridgehead atoms. The summed E-state index contributed by atoms with van der Waals surface area (Å²) in [4.78, 5) is 24.5. The summed E-state index contributed by atoms with van der Waals surface area (Å²) in [6, 6.07) is 4.54. The van der Waals surface area contributed by atoms with E-state index in [9.17, 15) is 14.9 Å². The Balaban J connectivity index is 2.28. The molecule has 0 radical (unpaired) electrons. The maximum atomic E-state index is 12.5. The van der Waals surface area contributed by atoms with Crippen LogP contribution in [0.5, 0.6) is 0 Å². The van der Waals surface area contributed by atoms with Gasteiger partial charge in [-0.05, 0) is 18.6 Å². The summed E-state index contributed by atoms with van der Waals surface area (Å²) in [5.41, 5.74) is 6.29. The second-order valence-corrected chi connectivity index (χ2v) is 4.76. The zero-order chi connectivity index (χ0) is 14.7. The fraction of sp³-hybridized carbons (Fsp3) is 0.462. The van der Waals surface area contributed by atoms with Gasteiger partial charge in [0.15, 0.2) is 0 Å². The fourth-order valence-corrected chi connectivity index (χ4v) is 2.20. The number of amides is 1. The first kappa shape index (κ1) is 14.4. The molecule has 2 rings (SSSR count). The number of aryl methyl sites for hydroxylation is 1. The Morgan fingerprint density at radius 1 is 1.60 bits per heavy atom. The molecular formula is C13H17N3O4. The van der Waals surface area contributed by atoms with Gasteiger partial charge in [0.25, 0.3) is 11.6 Å². The summed E-state index contributed by atoms with van der Waals surface area (Å²) in [5, 5.41) is 11.0. The van der Waals surface area contributed by atoms with Crippen molar-refractivity contribution in [2.24, 2.45) is 5.73 Å². The van der Waals surface area contributed by atoms with Crippen molar-refractivity contribution in [3.05, 3.63) is 39.4 Å². The smallest absolute Gasteiger partial charge is 0.282 e. The van der Waals surface area contributed by atoms with Gasteiger partial charge >= 0.3 is 0 Å². The number of carbonyl (C=O) groups excluding carboxylic acids is 1. The minimum absolute atomic E-state index is 0.118. The van der Waals surface area contributed by atoms with Crippen molar-refractivity contribution < 1.29 is 14.5 Å². The Hall–Kier alpha value is -1.99. The van der Waals surface area contributed by atoms with E-state index in [-0.39, 0.29) is 23.3 Å². The Morgan fingerprint density at radius 2 is 2.35 bits per heavy atom. The first-order chi connectivity index (χ1) is 9.52. The van der Waals surface area contributed by atoms with E-state index in [2.05, 4.69) is 0 Å². The molecule has 1 aliphatic heterocycles. The maximum Gasteiger partial charge on any atom is 0.282 e. The molecule has 0 spiro atoms. The highest BCUT2D eigenvalue weighted by molar-refractivity contribution is 5.98. The molecule has 1 aromatic carbocycles. The predicted octanol–water partition coefficient (Wildman–Crippen LogP) is 0.703. The van der Waals surface area contributed by atoms with E-state index in [4.69, 9.17) is 10.5 Å². The van der Waals surface area contributed by atoms with Crippen molar-refractivity contribution in [1.82, 2.24) is 4.90 Å². The molecular weight excluding hydrogens is 262 g/mol. The number of hydrogen-bond acceptors (Lipinski definition) is 5. The molecule has 1 amide bonds. The van der Waals surface area contributed by atoms with Crippen molar-refractivity contribution in [2.45, 2.75) is 13.0 Å². The van der Waals surface area contributed by atoms with Crippen molar-refractivity contribution in [3.8, 4) is 0 Å². The Kier molecular flexibility index (Phi) is 4.31. The summed E-state index contributed by atoms with van der Waals surface area (Å²) in [6.45, 7) is 3.29. The number of rotatable bonds is 3. The second-order valence-electron chi connectivity index (χ2n) is 4.76. The molecule has 1 atom stereocenters. The van der Waals surface area contributed by atoms with Crippen molar-refractivity contribution in [2.75, 3.05) is 26.2 Å². The van der Waals surface area contributed by atoms with Gasteiger partial charge in [-0.15, -0.1) is 0 Å². The highest BCUT2D eigenvalue weighted by Gasteiger charge is 2.28. The highest BCUT2D eigenvalue weighted by Crippen LogP contribution is 2.22. The van der Waals surface area contributed by atoms with Crippen LogP contribution in [-0.2, 0) is 4.74 Å². The molecule has 1 saturated heterocycles. The SMILES string of the molecule is Cc1ccc([N+](=O)[O-])c(C(=O)N2CCOC(CN)C2)c1. The van der Waals surface area contributed by atoms with Crippen LogP contribution in [0.25, 0.3) is 0 Å². The highest BCUT2D eigenvalue weighted by atomic mass is 16.6. The minimum Gasteiger partial charge on any atom is -0.373 e. The molecule has 0 aromatic heterocycles. The number of nitrogens with two attached hydrogens (primary N) is 1. The van der Waals surface area contributed by atoms with Gasteiger partial charge in [0.05, 0.1) is 17.6 Å². The van der Waals surface area contributed by atoms with Gasteiger partial charge in [-0.25, -0.2) is 0 Å². The molecule has 1 aromatic rings. The van der Waals surface area contributed by atoms with Crippen LogP contribution in [0.15, 0.2) is 18.2 Å². The van der Waals surface area contributed by atoms with Crippen LogP contribution in [0, 0.1) is 17.0 Å². The van der Waals surface area contributed by atoms with Crippen LogP contribution < -0.4 is 5.73 Å². The van der Waals surface area contributed by atoms with Crippen LogP contribution >= 0.6 is 0 Å². The van der Waals surface area contributed by atoms with E-state index in [0.29, 0.717) is 26.2 Å². The first-order valence-electron chi connectivity index (χ1n) is 6.39. The molecule has 1 unspecified atom stereocenters. The summed E-state index contributed by atoms with van der Waals surface area (Å²) >= 11 is 0. The molecule has 2 N–H and O–H groups in total.